The maximum atomic E-state index is 13.3. The minimum Gasteiger partial charge on any atom is -0.378 e. The van der Waals surface area contributed by atoms with E-state index in [1.54, 1.807) is 11.6 Å². The molecular weight excluding hydrogens is 478 g/mol. The lowest BCUT2D eigenvalue weighted by Gasteiger charge is -2.39. The molecule has 1 aromatic heterocycles. The molecule has 6 nitrogen and oxygen atoms in total. The van der Waals surface area contributed by atoms with Crippen LogP contribution in [0.25, 0.3) is 0 Å². The Bertz CT molecular complexity index is 1130. The van der Waals surface area contributed by atoms with E-state index in [2.05, 4.69) is 15.2 Å². The van der Waals surface area contributed by atoms with Crippen LogP contribution in [0.1, 0.15) is 17.7 Å². The van der Waals surface area contributed by atoms with Crippen LogP contribution in [0.5, 0.6) is 0 Å². The molecule has 2 aliphatic heterocycles. The maximum absolute atomic E-state index is 13.3. The second-order valence-corrected chi connectivity index (χ2v) is 10.3. The normalized spacial score (nSPS) is 23.4. The predicted molar refractivity (Wildman–Crippen MR) is 131 cm³/mol. The number of rotatable bonds is 5. The van der Waals surface area contributed by atoms with Crippen LogP contribution in [0, 0.1) is 0 Å². The van der Waals surface area contributed by atoms with E-state index in [1.807, 2.05) is 47.8 Å². The summed E-state index contributed by atoms with van der Waals surface area (Å²) in [5.74, 6) is -0.477. The number of halogens is 1. The van der Waals surface area contributed by atoms with Crippen molar-refractivity contribution in [2.24, 2.45) is 0 Å². The van der Waals surface area contributed by atoms with E-state index in [1.165, 1.54) is 23.1 Å². The molecule has 2 saturated heterocycles. The van der Waals surface area contributed by atoms with E-state index in [0.717, 1.165) is 24.3 Å². The third-order valence-corrected chi connectivity index (χ3v) is 8.34. The Kier molecular flexibility index (Phi) is 6.42. The van der Waals surface area contributed by atoms with E-state index >= 15 is 0 Å². The van der Waals surface area contributed by atoms with Gasteiger partial charge in [0.2, 0.25) is 5.91 Å². The number of hydrogen-bond donors (Lipinski definition) is 1. The molecule has 3 heterocycles. The van der Waals surface area contributed by atoms with Gasteiger partial charge >= 0.3 is 0 Å². The molecule has 5 rings (SSSR count). The predicted octanol–water partition coefficient (Wildman–Crippen LogP) is 4.13. The van der Waals surface area contributed by atoms with Crippen molar-refractivity contribution in [3.8, 4) is 0 Å². The molecule has 0 aliphatic carbocycles. The molecule has 0 saturated carbocycles. The molecule has 0 bridgehead atoms. The van der Waals surface area contributed by atoms with Gasteiger partial charge in [-0.3, -0.25) is 9.59 Å². The molecule has 0 spiro atoms. The lowest BCUT2D eigenvalue weighted by atomic mass is 9.79. The van der Waals surface area contributed by atoms with E-state index in [4.69, 9.17) is 16.3 Å². The van der Waals surface area contributed by atoms with Gasteiger partial charge in [-0.15, -0.1) is 23.1 Å². The number of thiazole rings is 1. The Morgan fingerprint density at radius 1 is 1.12 bits per heavy atom. The van der Waals surface area contributed by atoms with Crippen LogP contribution >= 0.6 is 34.7 Å². The molecule has 1 N–H and O–H groups in total. The minimum atomic E-state index is -0.991. The number of Topliss-reactive ketones (excluding diaryl/α,β-unsaturated/α-hetero) is 1. The molecule has 2 atom stereocenters. The summed E-state index contributed by atoms with van der Waals surface area (Å²) in [6, 6.07) is 15.3. The summed E-state index contributed by atoms with van der Waals surface area (Å²) in [6.45, 7) is 3.10. The highest BCUT2D eigenvalue weighted by Gasteiger charge is 2.48. The van der Waals surface area contributed by atoms with Gasteiger partial charge in [0, 0.05) is 35.5 Å². The second-order valence-electron chi connectivity index (χ2n) is 7.99. The summed E-state index contributed by atoms with van der Waals surface area (Å²) in [6.07, 6.45) is 0.126. The molecule has 9 heteroatoms. The molecule has 2 unspecified atom stereocenters. The number of morpholine rings is 1. The van der Waals surface area contributed by atoms with Crippen LogP contribution in [0.15, 0.2) is 64.3 Å². The summed E-state index contributed by atoms with van der Waals surface area (Å²) in [7, 11) is 0. The molecule has 2 aromatic carbocycles. The molecule has 2 fully saturated rings. The van der Waals surface area contributed by atoms with Gasteiger partial charge in [-0.2, -0.15) is 0 Å². The van der Waals surface area contributed by atoms with Crippen molar-refractivity contribution in [2.45, 2.75) is 22.1 Å². The lowest BCUT2D eigenvalue weighted by molar-refractivity contribution is -0.133. The van der Waals surface area contributed by atoms with E-state index in [0.29, 0.717) is 28.8 Å². The Morgan fingerprint density at radius 3 is 2.55 bits per heavy atom. The zero-order chi connectivity index (χ0) is 22.8. The van der Waals surface area contributed by atoms with Crippen molar-refractivity contribution in [3.63, 3.8) is 0 Å². The van der Waals surface area contributed by atoms with Crippen molar-refractivity contribution in [2.75, 3.05) is 31.2 Å². The maximum Gasteiger partial charge on any atom is 0.242 e. The first kappa shape index (κ1) is 22.4. The van der Waals surface area contributed by atoms with Crippen molar-refractivity contribution < 1.29 is 14.3 Å². The van der Waals surface area contributed by atoms with Gasteiger partial charge in [-0.1, -0.05) is 35.9 Å². The standard InChI is InChI=1S/C24H22ClN3O3S2/c25-18-3-1-2-4-20(18)33-22-19(29)13-24(27-23(22)30,21-14-32-15-26-21)16-5-7-17(8-6-16)28-9-11-31-12-10-28/h1-8,14-15,22H,9-13H2,(H,27,30). The first-order valence-corrected chi connectivity index (χ1v) is 12.8. The summed E-state index contributed by atoms with van der Waals surface area (Å²) in [4.78, 5) is 34.1. The minimum absolute atomic E-state index is 0.126. The second kappa shape index (κ2) is 9.46. The van der Waals surface area contributed by atoms with Crippen molar-refractivity contribution in [3.05, 3.63) is 75.7 Å². The smallest absolute Gasteiger partial charge is 0.242 e. The first-order valence-electron chi connectivity index (χ1n) is 10.6. The zero-order valence-corrected chi connectivity index (χ0v) is 20.1. The number of ether oxygens (including phenoxy) is 1. The molecule has 33 heavy (non-hydrogen) atoms. The average Bonchev–Trinajstić information content (AvgIpc) is 3.39. The van der Waals surface area contributed by atoms with Gasteiger partial charge in [-0.25, -0.2) is 4.98 Å². The van der Waals surface area contributed by atoms with E-state index in [9.17, 15) is 9.59 Å². The summed E-state index contributed by atoms with van der Waals surface area (Å²) >= 11 is 8.90. The number of anilines is 1. The Hall–Kier alpha value is -2.39. The zero-order valence-electron chi connectivity index (χ0n) is 17.7. The number of ketones is 1. The molecular formula is C24H22ClN3O3S2. The molecule has 3 aromatic rings. The van der Waals surface area contributed by atoms with Gasteiger partial charge in [0.15, 0.2) is 5.78 Å². The fraction of sp³-hybridized carbons (Fsp3) is 0.292. The van der Waals surface area contributed by atoms with Crippen LogP contribution < -0.4 is 10.2 Å². The van der Waals surface area contributed by atoms with Crippen molar-refractivity contribution in [1.82, 2.24) is 10.3 Å². The number of amides is 1. The number of carbonyl (C=O) groups excluding carboxylic acids is 2. The van der Waals surface area contributed by atoms with Gasteiger partial charge < -0.3 is 15.0 Å². The fourth-order valence-electron chi connectivity index (χ4n) is 4.29. The average molecular weight is 500 g/mol. The molecule has 0 radical (unpaired) electrons. The number of aromatic nitrogens is 1. The Morgan fingerprint density at radius 2 is 1.88 bits per heavy atom. The fourth-order valence-corrected chi connectivity index (χ4v) is 6.15. The third-order valence-electron chi connectivity index (χ3n) is 5.99. The van der Waals surface area contributed by atoms with Gasteiger partial charge in [-0.05, 0) is 29.8 Å². The van der Waals surface area contributed by atoms with Crippen LogP contribution in [0.3, 0.4) is 0 Å². The summed E-state index contributed by atoms with van der Waals surface area (Å²) < 4.78 is 5.44. The third kappa shape index (κ3) is 4.40. The molecule has 170 valence electrons. The van der Waals surface area contributed by atoms with Crippen LogP contribution in [-0.2, 0) is 19.9 Å². The molecule has 1 amide bonds. The Labute approximate surface area is 205 Å². The summed E-state index contributed by atoms with van der Waals surface area (Å²) in [5, 5.41) is 4.72. The molecule has 2 aliphatic rings. The number of benzene rings is 2. The van der Waals surface area contributed by atoms with Crippen molar-refractivity contribution in [1.29, 1.82) is 0 Å². The lowest BCUT2D eigenvalue weighted by Crippen LogP contribution is -2.58. The summed E-state index contributed by atoms with van der Waals surface area (Å²) in [5.41, 5.74) is 3.34. The van der Waals surface area contributed by atoms with E-state index in [-0.39, 0.29) is 18.1 Å². The quantitative estimate of drug-likeness (QED) is 0.532. The number of thioether (sulfide) groups is 1. The van der Waals surface area contributed by atoms with Crippen LogP contribution in [-0.4, -0.2) is 48.2 Å². The number of hydrogen-bond acceptors (Lipinski definition) is 7. The van der Waals surface area contributed by atoms with E-state index < -0.39 is 10.8 Å². The largest absolute Gasteiger partial charge is 0.378 e. The SMILES string of the molecule is O=C1CC(c2ccc(N3CCOCC3)cc2)(c2cscn2)NC(=O)C1Sc1ccccc1Cl. The first-order chi connectivity index (χ1) is 16.1. The highest BCUT2D eigenvalue weighted by molar-refractivity contribution is 8.01. The Balaban J connectivity index is 1.45. The highest BCUT2D eigenvalue weighted by Crippen LogP contribution is 2.41. The van der Waals surface area contributed by atoms with Crippen molar-refractivity contribution >= 4 is 52.1 Å². The van der Waals surface area contributed by atoms with Crippen LogP contribution in [0.4, 0.5) is 5.69 Å². The monoisotopic (exact) mass is 499 g/mol. The van der Waals surface area contributed by atoms with Gasteiger partial charge in [0.05, 0.1) is 29.4 Å². The van der Waals surface area contributed by atoms with Gasteiger partial charge in [0.25, 0.3) is 0 Å². The number of carbonyl (C=O) groups is 2. The number of nitrogens with one attached hydrogen (secondary N) is 1. The number of nitrogens with zero attached hydrogens (tertiary/aromatic N) is 2. The number of piperidine rings is 1. The highest BCUT2D eigenvalue weighted by atomic mass is 35.5. The van der Waals surface area contributed by atoms with Gasteiger partial charge in [0.1, 0.15) is 10.8 Å². The topological polar surface area (TPSA) is 71.5 Å². The van der Waals surface area contributed by atoms with Crippen LogP contribution in [0.2, 0.25) is 5.02 Å².